The van der Waals surface area contributed by atoms with Gasteiger partial charge in [0.05, 0.1) is 16.0 Å². The van der Waals surface area contributed by atoms with Crippen molar-refractivity contribution >= 4 is 28.1 Å². The van der Waals surface area contributed by atoms with Gasteiger partial charge in [0.25, 0.3) is 11.2 Å². The van der Waals surface area contributed by atoms with Crippen LogP contribution < -0.4 is 10.9 Å². The third-order valence-electron chi connectivity index (χ3n) is 4.06. The number of non-ortho nitro benzene ring substituents is 1. The summed E-state index contributed by atoms with van der Waals surface area (Å²) in [4.78, 5) is 23.2. The Morgan fingerprint density at radius 2 is 1.81 bits per heavy atom. The second-order valence-corrected chi connectivity index (χ2v) is 5.95. The topological polar surface area (TPSA) is 119 Å². The predicted molar refractivity (Wildman–Crippen MR) is 101 cm³/mol. The number of nitro groups is 1. The molecule has 0 aliphatic carbocycles. The molecule has 9 heteroatoms. The van der Waals surface area contributed by atoms with E-state index in [2.05, 4.69) is 20.6 Å². The molecule has 4 rings (SSSR count). The van der Waals surface area contributed by atoms with Crippen molar-refractivity contribution in [3.8, 4) is 5.69 Å². The van der Waals surface area contributed by atoms with Crippen LogP contribution >= 0.6 is 0 Å². The molecule has 0 amide bonds. The van der Waals surface area contributed by atoms with Gasteiger partial charge >= 0.3 is 0 Å². The molecule has 2 aromatic heterocycles. The smallest absolute Gasteiger partial charge is 0.279 e. The fourth-order valence-corrected chi connectivity index (χ4v) is 2.78. The second kappa shape index (κ2) is 6.37. The first-order valence-electron chi connectivity index (χ1n) is 8.09. The molecule has 0 aliphatic rings. The maximum Gasteiger partial charge on any atom is 0.279 e. The van der Waals surface area contributed by atoms with Gasteiger partial charge in [-0.3, -0.25) is 20.0 Å². The summed E-state index contributed by atoms with van der Waals surface area (Å²) in [6, 6.07) is 14.6. The number of nitrogens with one attached hydrogen (secondary N) is 2. The molecule has 2 aromatic carbocycles. The van der Waals surface area contributed by atoms with Crippen molar-refractivity contribution < 1.29 is 4.92 Å². The summed E-state index contributed by atoms with van der Waals surface area (Å²) in [5.74, 6) is 1.02. The highest BCUT2D eigenvalue weighted by atomic mass is 16.6. The lowest BCUT2D eigenvalue weighted by Gasteiger charge is -2.11. The number of aryl methyl sites for hydroxylation is 1. The Morgan fingerprint density at radius 3 is 2.44 bits per heavy atom. The molecular weight excluding hydrogens is 348 g/mol. The number of aromatic nitrogens is 4. The van der Waals surface area contributed by atoms with E-state index < -0.39 is 4.92 Å². The number of nitrogens with zero attached hydrogens (tertiary/aromatic N) is 4. The minimum absolute atomic E-state index is 0.0575. The van der Waals surface area contributed by atoms with E-state index in [0.717, 1.165) is 5.69 Å². The number of rotatable bonds is 4. The average Bonchev–Trinajstić information content (AvgIpc) is 3.09. The van der Waals surface area contributed by atoms with Crippen molar-refractivity contribution in [2.45, 2.75) is 6.92 Å². The zero-order valence-electron chi connectivity index (χ0n) is 14.2. The van der Waals surface area contributed by atoms with E-state index in [0.29, 0.717) is 28.1 Å². The summed E-state index contributed by atoms with van der Waals surface area (Å²) in [5, 5.41) is 26.5. The highest BCUT2D eigenvalue weighted by Crippen LogP contribution is 2.23. The van der Waals surface area contributed by atoms with E-state index in [1.807, 2.05) is 19.1 Å². The van der Waals surface area contributed by atoms with Crippen molar-refractivity contribution in [1.29, 1.82) is 0 Å². The van der Waals surface area contributed by atoms with E-state index in [1.165, 1.54) is 28.9 Å². The lowest BCUT2D eigenvalue weighted by molar-refractivity contribution is -0.384. The van der Waals surface area contributed by atoms with Crippen molar-refractivity contribution in [3.63, 3.8) is 0 Å². The van der Waals surface area contributed by atoms with Gasteiger partial charge in [-0.25, -0.2) is 0 Å². The Hall–Kier alpha value is -4.01. The van der Waals surface area contributed by atoms with Gasteiger partial charge in [-0.05, 0) is 25.1 Å². The SMILES string of the molecule is Cc1cc(Nc2nn(-c3ccc([N+](=O)[O-])cc3)c(=O)c3ccccc23)n[nH]1. The Balaban J connectivity index is 1.89. The maximum atomic E-state index is 12.9. The summed E-state index contributed by atoms with van der Waals surface area (Å²) in [6.45, 7) is 1.88. The first kappa shape index (κ1) is 16.5. The van der Waals surface area contributed by atoms with Crippen LogP contribution in [0.4, 0.5) is 17.3 Å². The number of nitro benzene ring substituents is 1. The fourth-order valence-electron chi connectivity index (χ4n) is 2.78. The van der Waals surface area contributed by atoms with Gasteiger partial charge in [-0.2, -0.15) is 9.78 Å². The van der Waals surface area contributed by atoms with Crippen molar-refractivity contribution in [2.75, 3.05) is 5.32 Å². The quantitative estimate of drug-likeness (QED) is 0.425. The summed E-state index contributed by atoms with van der Waals surface area (Å²) < 4.78 is 1.22. The summed E-state index contributed by atoms with van der Waals surface area (Å²) in [5.41, 5.74) is 0.934. The molecule has 4 aromatic rings. The molecule has 0 saturated heterocycles. The van der Waals surface area contributed by atoms with Crippen molar-refractivity contribution in [1.82, 2.24) is 20.0 Å². The van der Waals surface area contributed by atoms with Crippen LogP contribution in [0.25, 0.3) is 16.5 Å². The third kappa shape index (κ3) is 3.01. The summed E-state index contributed by atoms with van der Waals surface area (Å²) in [7, 11) is 0. The Kier molecular flexibility index (Phi) is 3.88. The predicted octanol–water partition coefficient (Wildman–Crippen LogP) is 3.07. The zero-order chi connectivity index (χ0) is 19.0. The van der Waals surface area contributed by atoms with Crippen LogP contribution in [0.15, 0.2) is 59.4 Å². The van der Waals surface area contributed by atoms with Crippen molar-refractivity contribution in [2.24, 2.45) is 0 Å². The summed E-state index contributed by atoms with van der Waals surface area (Å²) >= 11 is 0. The molecule has 0 aliphatic heterocycles. The normalized spacial score (nSPS) is 10.9. The molecule has 2 heterocycles. The standard InChI is InChI=1S/C18H14N6O3/c1-11-10-16(21-20-11)19-17-14-4-2-3-5-15(14)18(25)23(22-17)12-6-8-13(9-7-12)24(26)27/h2-10H,1H3,(H2,19,20,21,22). The number of hydrogen-bond acceptors (Lipinski definition) is 6. The van der Waals surface area contributed by atoms with Gasteiger partial charge in [0, 0.05) is 29.3 Å². The van der Waals surface area contributed by atoms with E-state index in [9.17, 15) is 14.9 Å². The first-order chi connectivity index (χ1) is 13.0. The number of benzene rings is 2. The molecule has 0 fully saturated rings. The maximum absolute atomic E-state index is 12.9. The van der Waals surface area contributed by atoms with Crippen molar-refractivity contribution in [3.05, 3.63) is 80.8 Å². The monoisotopic (exact) mass is 362 g/mol. The van der Waals surface area contributed by atoms with Crippen LogP contribution in [0, 0.1) is 17.0 Å². The van der Waals surface area contributed by atoms with E-state index in [-0.39, 0.29) is 11.2 Å². The van der Waals surface area contributed by atoms with E-state index in [4.69, 9.17) is 0 Å². The Morgan fingerprint density at radius 1 is 1.11 bits per heavy atom. The lowest BCUT2D eigenvalue weighted by Crippen LogP contribution is -2.22. The van der Waals surface area contributed by atoms with Gasteiger partial charge in [0.1, 0.15) is 0 Å². The van der Waals surface area contributed by atoms with Crippen LogP contribution in [-0.2, 0) is 0 Å². The molecule has 134 valence electrons. The van der Waals surface area contributed by atoms with Gasteiger partial charge in [0.15, 0.2) is 11.6 Å². The minimum Gasteiger partial charge on any atom is -0.321 e. The lowest BCUT2D eigenvalue weighted by atomic mass is 10.2. The highest BCUT2D eigenvalue weighted by Gasteiger charge is 2.14. The molecule has 0 unspecified atom stereocenters. The fraction of sp³-hybridized carbons (Fsp3) is 0.0556. The molecule has 0 atom stereocenters. The number of hydrogen-bond donors (Lipinski definition) is 2. The minimum atomic E-state index is -0.493. The number of H-pyrrole nitrogens is 1. The largest absolute Gasteiger partial charge is 0.321 e. The Bertz CT molecular complexity index is 1210. The Labute approximate surface area is 152 Å². The van der Waals surface area contributed by atoms with Crippen LogP contribution in [0.1, 0.15) is 5.69 Å². The third-order valence-corrected chi connectivity index (χ3v) is 4.06. The average molecular weight is 362 g/mol. The summed E-state index contributed by atoms with van der Waals surface area (Å²) in [6.07, 6.45) is 0. The van der Waals surface area contributed by atoms with E-state index in [1.54, 1.807) is 18.2 Å². The van der Waals surface area contributed by atoms with Gasteiger partial charge in [-0.1, -0.05) is 18.2 Å². The molecule has 0 saturated carbocycles. The number of aromatic amines is 1. The second-order valence-electron chi connectivity index (χ2n) is 5.95. The van der Waals surface area contributed by atoms with Crippen LogP contribution in [0.3, 0.4) is 0 Å². The molecular formula is C18H14N6O3. The molecule has 0 bridgehead atoms. The number of anilines is 2. The molecule has 9 nitrogen and oxygen atoms in total. The van der Waals surface area contributed by atoms with Gasteiger partial charge in [0.2, 0.25) is 0 Å². The molecule has 0 spiro atoms. The van der Waals surface area contributed by atoms with Gasteiger partial charge < -0.3 is 5.32 Å². The van der Waals surface area contributed by atoms with Crippen LogP contribution in [-0.4, -0.2) is 24.9 Å². The van der Waals surface area contributed by atoms with Crippen LogP contribution in [0.5, 0.6) is 0 Å². The zero-order valence-corrected chi connectivity index (χ0v) is 14.2. The van der Waals surface area contributed by atoms with Gasteiger partial charge in [-0.15, -0.1) is 5.10 Å². The number of fused-ring (bicyclic) bond motifs is 1. The molecule has 2 N–H and O–H groups in total. The molecule has 0 radical (unpaired) electrons. The molecule has 27 heavy (non-hydrogen) atoms. The first-order valence-corrected chi connectivity index (χ1v) is 8.09. The highest BCUT2D eigenvalue weighted by molar-refractivity contribution is 5.92. The van der Waals surface area contributed by atoms with E-state index >= 15 is 0 Å². The van der Waals surface area contributed by atoms with Crippen LogP contribution in [0.2, 0.25) is 0 Å².